The van der Waals surface area contributed by atoms with E-state index in [1.807, 2.05) is 55.5 Å². The van der Waals surface area contributed by atoms with E-state index >= 15 is 0 Å². The summed E-state index contributed by atoms with van der Waals surface area (Å²) in [4.78, 5) is 17.1. The fourth-order valence-electron chi connectivity index (χ4n) is 3.37. The Hall–Kier alpha value is -2.42. The second-order valence-corrected chi connectivity index (χ2v) is 9.88. The summed E-state index contributed by atoms with van der Waals surface area (Å²) in [5.41, 5.74) is 3.72. The number of piperazine rings is 1. The number of carbonyl (C=O) groups is 1. The molecule has 1 aliphatic heterocycles. The number of hydrogen-bond acceptors (Lipinski definition) is 5. The lowest BCUT2D eigenvalue weighted by Gasteiger charge is -2.34. The van der Waals surface area contributed by atoms with Crippen LogP contribution in [0.1, 0.15) is 11.1 Å². The molecule has 1 amide bonds. The number of nitrogens with one attached hydrogen (secondary N) is 1. The van der Waals surface area contributed by atoms with E-state index < -0.39 is 10.0 Å². The summed E-state index contributed by atoms with van der Waals surface area (Å²) < 4.78 is 25.5. The molecular weight excluding hydrogens is 400 g/mol. The third-order valence-electron chi connectivity index (χ3n) is 5.29. The van der Waals surface area contributed by atoms with Gasteiger partial charge >= 0.3 is 0 Å². The Kier molecular flexibility index (Phi) is 7.12. The summed E-state index contributed by atoms with van der Waals surface area (Å²) in [5.74, 6) is -0.361. The van der Waals surface area contributed by atoms with Gasteiger partial charge in [-0.25, -0.2) is 8.42 Å². The Labute approximate surface area is 179 Å². The molecule has 30 heavy (non-hydrogen) atoms. The molecule has 0 unspecified atom stereocenters. The minimum absolute atomic E-state index is 0.162. The van der Waals surface area contributed by atoms with Crippen molar-refractivity contribution >= 4 is 27.3 Å². The predicted octanol–water partition coefficient (Wildman–Crippen LogP) is 2.15. The highest BCUT2D eigenvalue weighted by Crippen LogP contribution is 2.19. The highest BCUT2D eigenvalue weighted by atomic mass is 32.2. The molecule has 8 heteroatoms. The summed E-state index contributed by atoms with van der Waals surface area (Å²) in [6, 6.07) is 15.3. The molecule has 0 atom stereocenters. The van der Waals surface area contributed by atoms with Gasteiger partial charge in [-0.15, -0.1) is 0 Å². The van der Waals surface area contributed by atoms with Crippen molar-refractivity contribution < 1.29 is 13.2 Å². The number of hydrogen-bond donors (Lipinski definition) is 1. The van der Waals surface area contributed by atoms with Crippen LogP contribution in [-0.4, -0.2) is 69.6 Å². The van der Waals surface area contributed by atoms with Crippen LogP contribution in [-0.2, 0) is 21.4 Å². The maximum absolute atomic E-state index is 12.5. The quantitative estimate of drug-likeness (QED) is 0.729. The van der Waals surface area contributed by atoms with Gasteiger partial charge in [0.1, 0.15) is 0 Å². The first kappa shape index (κ1) is 22.3. The van der Waals surface area contributed by atoms with Gasteiger partial charge in [0.15, 0.2) is 0 Å². The van der Waals surface area contributed by atoms with Crippen molar-refractivity contribution in [2.75, 3.05) is 56.2 Å². The van der Waals surface area contributed by atoms with E-state index in [1.165, 1.54) is 4.31 Å². The van der Waals surface area contributed by atoms with Crippen LogP contribution in [0.3, 0.4) is 0 Å². The fourth-order valence-corrected chi connectivity index (χ4v) is 4.10. The Morgan fingerprint density at radius 2 is 1.60 bits per heavy atom. The normalized spacial score (nSPS) is 15.4. The van der Waals surface area contributed by atoms with Crippen molar-refractivity contribution in [3.05, 3.63) is 59.7 Å². The number of likely N-dealkylation sites (N-methyl/N-ethyl adjacent to an activating group) is 1. The summed E-state index contributed by atoms with van der Waals surface area (Å²) in [5, 5.41) is 2.80. The third kappa shape index (κ3) is 6.29. The number of aryl methyl sites for hydroxylation is 1. The standard InChI is InChI=1S/C22H30N4O3S/c1-18-4-6-19(7-5-18)16-26(30(3,28)29)17-22(27)23-20-8-10-21(11-9-20)25-14-12-24(2)13-15-25/h4-11H,12-17H2,1-3H3,(H,23,27). The van der Waals surface area contributed by atoms with Crippen molar-refractivity contribution in [3.63, 3.8) is 0 Å². The number of sulfonamides is 1. The van der Waals surface area contributed by atoms with Crippen molar-refractivity contribution in [2.45, 2.75) is 13.5 Å². The van der Waals surface area contributed by atoms with Gasteiger partial charge in [0.05, 0.1) is 12.8 Å². The molecule has 1 N–H and O–H groups in total. The summed E-state index contributed by atoms with van der Waals surface area (Å²) in [7, 11) is -1.40. The van der Waals surface area contributed by atoms with Gasteiger partial charge in [-0.05, 0) is 43.8 Å². The zero-order chi connectivity index (χ0) is 21.7. The zero-order valence-corrected chi connectivity index (χ0v) is 18.7. The Morgan fingerprint density at radius 1 is 1.00 bits per heavy atom. The average Bonchev–Trinajstić information content (AvgIpc) is 2.70. The molecule has 162 valence electrons. The molecule has 1 saturated heterocycles. The van der Waals surface area contributed by atoms with Gasteiger partial charge in [0.25, 0.3) is 0 Å². The number of benzene rings is 2. The van der Waals surface area contributed by atoms with Crippen LogP contribution in [0.5, 0.6) is 0 Å². The molecule has 0 spiro atoms. The molecule has 0 aliphatic carbocycles. The van der Waals surface area contributed by atoms with Crippen molar-refractivity contribution in [1.29, 1.82) is 0 Å². The van der Waals surface area contributed by atoms with Crippen LogP contribution < -0.4 is 10.2 Å². The monoisotopic (exact) mass is 430 g/mol. The van der Waals surface area contributed by atoms with Crippen LogP contribution in [0.15, 0.2) is 48.5 Å². The predicted molar refractivity (Wildman–Crippen MR) is 121 cm³/mol. The second kappa shape index (κ2) is 9.59. The zero-order valence-electron chi connectivity index (χ0n) is 17.8. The van der Waals surface area contributed by atoms with E-state index in [4.69, 9.17) is 0 Å². The summed E-state index contributed by atoms with van der Waals surface area (Å²) >= 11 is 0. The molecule has 1 heterocycles. The van der Waals surface area contributed by atoms with Crippen LogP contribution in [0.4, 0.5) is 11.4 Å². The first-order valence-electron chi connectivity index (χ1n) is 10.0. The van der Waals surface area contributed by atoms with Gasteiger partial charge in [0, 0.05) is 44.1 Å². The van der Waals surface area contributed by atoms with Crippen LogP contribution in [0.25, 0.3) is 0 Å². The molecular formula is C22H30N4O3S. The molecule has 0 saturated carbocycles. The van der Waals surface area contributed by atoms with Crippen LogP contribution in [0, 0.1) is 6.92 Å². The van der Waals surface area contributed by atoms with Crippen LogP contribution in [0.2, 0.25) is 0 Å². The lowest BCUT2D eigenvalue weighted by molar-refractivity contribution is -0.116. The Balaban J connectivity index is 1.60. The highest BCUT2D eigenvalue weighted by molar-refractivity contribution is 7.88. The van der Waals surface area contributed by atoms with Crippen LogP contribution >= 0.6 is 0 Å². The fraction of sp³-hybridized carbons (Fsp3) is 0.409. The largest absolute Gasteiger partial charge is 0.369 e. The third-order valence-corrected chi connectivity index (χ3v) is 6.48. The topological polar surface area (TPSA) is 73.0 Å². The Morgan fingerprint density at radius 3 is 2.17 bits per heavy atom. The van der Waals surface area contributed by atoms with Gasteiger partial charge in [-0.1, -0.05) is 29.8 Å². The van der Waals surface area contributed by atoms with E-state index in [0.29, 0.717) is 5.69 Å². The van der Waals surface area contributed by atoms with Gasteiger partial charge < -0.3 is 15.1 Å². The number of nitrogens with zero attached hydrogens (tertiary/aromatic N) is 3. The molecule has 1 fully saturated rings. The molecule has 2 aromatic rings. The molecule has 1 aliphatic rings. The number of carbonyl (C=O) groups excluding carboxylic acids is 1. The van der Waals surface area contributed by atoms with Crippen molar-refractivity contribution in [3.8, 4) is 0 Å². The van der Waals surface area contributed by atoms with Gasteiger partial charge in [-0.2, -0.15) is 4.31 Å². The minimum atomic E-state index is -3.52. The number of rotatable bonds is 7. The van der Waals surface area contributed by atoms with Gasteiger partial charge in [-0.3, -0.25) is 4.79 Å². The lowest BCUT2D eigenvalue weighted by atomic mass is 10.1. The molecule has 0 bridgehead atoms. The molecule has 0 radical (unpaired) electrons. The minimum Gasteiger partial charge on any atom is -0.369 e. The van der Waals surface area contributed by atoms with Gasteiger partial charge in [0.2, 0.25) is 15.9 Å². The maximum Gasteiger partial charge on any atom is 0.239 e. The van der Waals surface area contributed by atoms with E-state index in [0.717, 1.165) is 49.2 Å². The molecule has 3 rings (SSSR count). The van der Waals surface area contributed by atoms with E-state index in [1.54, 1.807) is 0 Å². The number of anilines is 2. The summed E-state index contributed by atoms with van der Waals surface area (Å²) in [6.45, 7) is 5.92. The molecule has 2 aromatic carbocycles. The smallest absolute Gasteiger partial charge is 0.239 e. The molecule has 0 aromatic heterocycles. The Bertz CT molecular complexity index is 951. The van der Waals surface area contributed by atoms with Crippen molar-refractivity contribution in [2.24, 2.45) is 0 Å². The highest BCUT2D eigenvalue weighted by Gasteiger charge is 2.21. The van der Waals surface area contributed by atoms with E-state index in [-0.39, 0.29) is 19.0 Å². The average molecular weight is 431 g/mol. The lowest BCUT2D eigenvalue weighted by Crippen LogP contribution is -2.44. The van der Waals surface area contributed by atoms with E-state index in [9.17, 15) is 13.2 Å². The summed E-state index contributed by atoms with van der Waals surface area (Å²) in [6.07, 6.45) is 1.12. The second-order valence-electron chi connectivity index (χ2n) is 7.90. The van der Waals surface area contributed by atoms with Crippen molar-refractivity contribution in [1.82, 2.24) is 9.21 Å². The maximum atomic E-state index is 12.5. The molecule has 7 nitrogen and oxygen atoms in total. The first-order valence-corrected chi connectivity index (χ1v) is 11.9. The SMILES string of the molecule is Cc1ccc(CN(CC(=O)Nc2ccc(N3CCN(C)CC3)cc2)S(C)(=O)=O)cc1. The van der Waals surface area contributed by atoms with E-state index in [2.05, 4.69) is 22.2 Å². The number of amides is 1. The first-order chi connectivity index (χ1) is 14.2.